The molecule has 1 aromatic rings. The van der Waals surface area contributed by atoms with E-state index in [0.29, 0.717) is 23.8 Å². The van der Waals surface area contributed by atoms with Gasteiger partial charge in [-0.05, 0) is 62.2 Å². The van der Waals surface area contributed by atoms with Crippen LogP contribution in [0.4, 0.5) is 5.69 Å². The highest BCUT2D eigenvalue weighted by Gasteiger charge is 2.33. The molecule has 2 N–H and O–H groups in total. The number of thioether (sulfide) groups is 1. The van der Waals surface area contributed by atoms with Crippen LogP contribution >= 0.6 is 24.2 Å². The second-order valence-corrected chi connectivity index (χ2v) is 8.98. The van der Waals surface area contributed by atoms with Crippen molar-refractivity contribution in [3.63, 3.8) is 0 Å². The molecule has 2 aliphatic heterocycles. The van der Waals surface area contributed by atoms with Crippen LogP contribution in [0.1, 0.15) is 39.0 Å². The summed E-state index contributed by atoms with van der Waals surface area (Å²) in [6, 6.07) is 6.24. The molecule has 0 unspecified atom stereocenters. The predicted molar refractivity (Wildman–Crippen MR) is 126 cm³/mol. The van der Waals surface area contributed by atoms with Crippen LogP contribution in [0, 0.1) is 5.92 Å². The van der Waals surface area contributed by atoms with Crippen molar-refractivity contribution in [1.29, 1.82) is 0 Å². The Balaban J connectivity index is 0.00000363. The maximum absolute atomic E-state index is 12.8. The third-order valence-corrected chi connectivity index (χ3v) is 6.59. The largest absolute Gasteiger partial charge is 0.480 e. The van der Waals surface area contributed by atoms with Crippen molar-refractivity contribution >= 4 is 47.7 Å². The molecule has 10 heteroatoms. The van der Waals surface area contributed by atoms with Crippen LogP contribution < -0.4 is 15.0 Å². The Kier molecular flexibility index (Phi) is 10.6. The van der Waals surface area contributed by atoms with Crippen LogP contribution in [0.2, 0.25) is 0 Å². The lowest BCUT2D eigenvalue weighted by Crippen LogP contribution is -2.48. The van der Waals surface area contributed by atoms with E-state index in [-0.39, 0.29) is 37.3 Å². The van der Waals surface area contributed by atoms with Gasteiger partial charge in [-0.15, -0.1) is 12.4 Å². The first kappa shape index (κ1) is 26.3. The number of nitrogens with one attached hydrogen (secondary N) is 1. The number of halogens is 1. The molecule has 32 heavy (non-hydrogen) atoms. The zero-order chi connectivity index (χ0) is 22.2. The van der Waals surface area contributed by atoms with Gasteiger partial charge in [0.25, 0.3) is 0 Å². The Morgan fingerprint density at radius 3 is 2.72 bits per heavy atom. The summed E-state index contributed by atoms with van der Waals surface area (Å²) < 4.78 is 11.3. The smallest absolute Gasteiger partial charge is 0.323 e. The highest BCUT2D eigenvalue weighted by molar-refractivity contribution is 7.99. The summed E-state index contributed by atoms with van der Waals surface area (Å²) in [6.07, 6.45) is 2.95. The maximum Gasteiger partial charge on any atom is 0.323 e. The third kappa shape index (κ3) is 7.28. The van der Waals surface area contributed by atoms with Gasteiger partial charge >= 0.3 is 11.9 Å². The number of carboxylic acid groups (broad SMARTS) is 1. The summed E-state index contributed by atoms with van der Waals surface area (Å²) in [5.41, 5.74) is 0.409. The summed E-state index contributed by atoms with van der Waals surface area (Å²) >= 11 is 1.96. The molecule has 1 saturated heterocycles. The lowest BCUT2D eigenvalue weighted by atomic mass is 9.94. The molecule has 8 nitrogen and oxygen atoms in total. The fourth-order valence-corrected chi connectivity index (χ4v) is 5.16. The minimum atomic E-state index is -1.11. The number of carbonyl (C=O) groups is 3. The van der Waals surface area contributed by atoms with E-state index >= 15 is 0 Å². The van der Waals surface area contributed by atoms with Gasteiger partial charge in [0.05, 0.1) is 18.7 Å². The fourth-order valence-electron chi connectivity index (χ4n) is 3.95. The van der Waals surface area contributed by atoms with Gasteiger partial charge < -0.3 is 14.6 Å². The number of hydrogen-bond acceptors (Lipinski definition) is 7. The number of fused-ring (bicyclic) bond motifs is 1. The third-order valence-electron chi connectivity index (χ3n) is 5.54. The maximum atomic E-state index is 12.8. The minimum Gasteiger partial charge on any atom is -0.480 e. The minimum absolute atomic E-state index is 0. The molecule has 2 aliphatic rings. The first-order chi connectivity index (χ1) is 15.0. The van der Waals surface area contributed by atoms with E-state index in [9.17, 15) is 19.5 Å². The number of para-hydroxylation sites is 2. The number of esters is 1. The van der Waals surface area contributed by atoms with E-state index in [1.54, 1.807) is 31.2 Å². The molecule has 2 heterocycles. The van der Waals surface area contributed by atoms with Crippen LogP contribution in [0.3, 0.4) is 0 Å². The molecule has 3 rings (SSSR count). The SMILES string of the molecule is CCOC(=O)[C@H](CCC1CCSCC1)N[C@@H]1CC(=O)N(CC(=O)O)c2ccccc2O1.Cl. The number of ether oxygens (including phenoxy) is 2. The van der Waals surface area contributed by atoms with E-state index in [4.69, 9.17) is 9.47 Å². The summed E-state index contributed by atoms with van der Waals surface area (Å²) in [5.74, 6) is 1.45. The van der Waals surface area contributed by atoms with Crippen LogP contribution in [0.15, 0.2) is 24.3 Å². The lowest BCUT2D eigenvalue weighted by Gasteiger charge is -2.26. The van der Waals surface area contributed by atoms with Crippen molar-refractivity contribution in [2.45, 2.75) is 51.3 Å². The molecule has 0 spiro atoms. The molecule has 178 valence electrons. The van der Waals surface area contributed by atoms with E-state index in [0.717, 1.165) is 30.8 Å². The standard InChI is InChI=1S/C22H30N2O6S.ClH/c1-2-29-22(28)16(8-7-15-9-11-31-12-10-15)23-19-13-20(25)24(14-21(26)27)17-5-3-4-6-18(17)30-19;/h3-6,15-16,19,23H,2,7-14H2,1H3,(H,26,27);1H/t16-,19-;/m0./s1. The Morgan fingerprint density at radius 2 is 2.03 bits per heavy atom. The average Bonchev–Trinajstić information content (AvgIpc) is 2.88. The summed E-state index contributed by atoms with van der Waals surface area (Å²) in [4.78, 5) is 37.9. The number of aliphatic carboxylic acids is 1. The highest BCUT2D eigenvalue weighted by atomic mass is 35.5. The monoisotopic (exact) mass is 486 g/mol. The second-order valence-electron chi connectivity index (χ2n) is 7.76. The van der Waals surface area contributed by atoms with Gasteiger partial charge in [0.2, 0.25) is 5.91 Å². The van der Waals surface area contributed by atoms with Crippen molar-refractivity contribution in [3.05, 3.63) is 24.3 Å². The number of rotatable bonds is 9. The van der Waals surface area contributed by atoms with Crippen LogP contribution in [0.25, 0.3) is 0 Å². The number of amides is 1. The number of anilines is 1. The number of benzene rings is 1. The van der Waals surface area contributed by atoms with E-state index < -0.39 is 24.8 Å². The van der Waals surface area contributed by atoms with Crippen LogP contribution in [-0.4, -0.2) is 59.9 Å². The molecule has 0 aliphatic carbocycles. The predicted octanol–water partition coefficient (Wildman–Crippen LogP) is 3.08. The lowest BCUT2D eigenvalue weighted by molar-refractivity contribution is -0.147. The molecule has 1 amide bonds. The van der Waals surface area contributed by atoms with Crippen LogP contribution in [0.5, 0.6) is 5.75 Å². The zero-order valence-corrected chi connectivity index (χ0v) is 19.8. The van der Waals surface area contributed by atoms with Gasteiger partial charge in [0.15, 0.2) is 6.23 Å². The quantitative estimate of drug-likeness (QED) is 0.513. The second kappa shape index (κ2) is 12.9. The van der Waals surface area contributed by atoms with Gasteiger partial charge in [-0.1, -0.05) is 12.1 Å². The van der Waals surface area contributed by atoms with Crippen molar-refractivity contribution in [1.82, 2.24) is 5.32 Å². The van der Waals surface area contributed by atoms with Crippen molar-refractivity contribution in [2.75, 3.05) is 29.6 Å². The molecule has 1 fully saturated rings. The first-order valence-electron chi connectivity index (χ1n) is 10.8. The topological polar surface area (TPSA) is 105 Å². The van der Waals surface area contributed by atoms with Gasteiger partial charge in [-0.3, -0.25) is 24.6 Å². The summed E-state index contributed by atoms with van der Waals surface area (Å²) in [6.45, 7) is 1.59. The molecule has 0 saturated carbocycles. The van der Waals surface area contributed by atoms with E-state index in [1.807, 2.05) is 11.8 Å². The Hall–Kier alpha value is -1.97. The number of hydrogen-bond donors (Lipinski definition) is 2. The van der Waals surface area contributed by atoms with Gasteiger partial charge in [-0.25, -0.2) is 0 Å². The molecule has 0 bridgehead atoms. The molecule has 2 atom stereocenters. The Bertz CT molecular complexity index is 789. The molecule has 0 radical (unpaired) electrons. The molecular weight excluding hydrogens is 456 g/mol. The van der Waals surface area contributed by atoms with Gasteiger partial charge in [0, 0.05) is 0 Å². The zero-order valence-electron chi connectivity index (χ0n) is 18.2. The Labute approximate surface area is 198 Å². The van der Waals surface area contributed by atoms with E-state index in [2.05, 4.69) is 5.32 Å². The molecule has 1 aromatic carbocycles. The highest BCUT2D eigenvalue weighted by Crippen LogP contribution is 2.33. The van der Waals surface area contributed by atoms with Crippen molar-refractivity contribution in [3.8, 4) is 5.75 Å². The first-order valence-corrected chi connectivity index (χ1v) is 11.9. The van der Waals surface area contributed by atoms with E-state index in [1.165, 1.54) is 4.90 Å². The summed E-state index contributed by atoms with van der Waals surface area (Å²) in [5, 5.41) is 12.4. The summed E-state index contributed by atoms with van der Waals surface area (Å²) in [7, 11) is 0. The van der Waals surface area contributed by atoms with Gasteiger partial charge in [-0.2, -0.15) is 11.8 Å². The molecule has 0 aromatic heterocycles. The Morgan fingerprint density at radius 1 is 1.31 bits per heavy atom. The number of nitrogens with zero attached hydrogens (tertiary/aromatic N) is 1. The normalized spacial score (nSPS) is 19.7. The fraction of sp³-hybridized carbons (Fsp3) is 0.591. The molecular formula is C22H31ClN2O6S. The van der Waals surface area contributed by atoms with Crippen LogP contribution in [-0.2, 0) is 19.1 Å². The van der Waals surface area contributed by atoms with Crippen molar-refractivity contribution < 1.29 is 29.0 Å². The van der Waals surface area contributed by atoms with Gasteiger partial charge in [0.1, 0.15) is 18.3 Å². The van der Waals surface area contributed by atoms with Crippen molar-refractivity contribution in [2.24, 2.45) is 5.92 Å². The number of carboxylic acids is 1. The number of carbonyl (C=O) groups excluding carboxylic acids is 2. The average molecular weight is 487 g/mol.